The summed E-state index contributed by atoms with van der Waals surface area (Å²) < 4.78 is 6.18. The van der Waals surface area contributed by atoms with Crippen molar-refractivity contribution in [3.8, 4) is 0 Å². The average Bonchev–Trinajstić information content (AvgIpc) is 2.74. The molecule has 6 heteroatoms. The summed E-state index contributed by atoms with van der Waals surface area (Å²) in [5.74, 6) is 2.02. The number of unbranched alkanes of at least 4 members (excludes halogenated alkanes) is 1. The van der Waals surface area contributed by atoms with E-state index in [-0.39, 0.29) is 36.1 Å². The van der Waals surface area contributed by atoms with Crippen molar-refractivity contribution in [1.82, 2.24) is 4.90 Å². The van der Waals surface area contributed by atoms with E-state index >= 15 is 0 Å². The number of halogens is 2. The van der Waals surface area contributed by atoms with Crippen molar-refractivity contribution in [3.05, 3.63) is 69.7 Å². The number of thioether (sulfide) groups is 1. The number of ether oxygens (including phenoxy) is 1. The Balaban J connectivity index is 2.06. The maximum atomic E-state index is 13.4. The predicted octanol–water partition coefficient (Wildman–Crippen LogP) is 7.58. The minimum atomic E-state index is -0.307. The fourth-order valence-corrected chi connectivity index (χ4v) is 6.01. The van der Waals surface area contributed by atoms with E-state index in [9.17, 15) is 4.79 Å². The van der Waals surface area contributed by atoms with Crippen LogP contribution in [-0.4, -0.2) is 35.0 Å². The van der Waals surface area contributed by atoms with Crippen LogP contribution in [0, 0.1) is 5.41 Å². The second kappa shape index (κ2) is 11.3. The van der Waals surface area contributed by atoms with E-state index < -0.39 is 0 Å². The fourth-order valence-electron chi connectivity index (χ4n) is 4.14. The number of carbonyl (C=O) groups is 1. The normalized spacial score (nSPS) is 20.4. The molecule has 1 aliphatic rings. The minimum absolute atomic E-state index is 0.0271. The summed E-state index contributed by atoms with van der Waals surface area (Å²) in [6.45, 7) is 8.92. The summed E-state index contributed by atoms with van der Waals surface area (Å²) >= 11 is 14.4. The number of hydrogen-bond donors (Lipinski definition) is 0. The highest BCUT2D eigenvalue weighted by Gasteiger charge is 2.45. The Labute approximate surface area is 206 Å². The van der Waals surface area contributed by atoms with Gasteiger partial charge >= 0.3 is 0 Å². The maximum absolute atomic E-state index is 13.4. The van der Waals surface area contributed by atoms with E-state index in [0.29, 0.717) is 10.0 Å². The molecule has 1 heterocycles. The van der Waals surface area contributed by atoms with Crippen LogP contribution in [0.25, 0.3) is 0 Å². The number of rotatable bonds is 8. The molecule has 1 unspecified atom stereocenters. The quantitative estimate of drug-likeness (QED) is 0.354. The van der Waals surface area contributed by atoms with Crippen LogP contribution in [0.1, 0.15) is 63.8 Å². The van der Waals surface area contributed by atoms with E-state index in [1.165, 1.54) is 12.8 Å². The zero-order chi connectivity index (χ0) is 23.3. The Bertz CT molecular complexity index is 897. The van der Waals surface area contributed by atoms with E-state index in [1.807, 2.05) is 60.3 Å². The predicted molar refractivity (Wildman–Crippen MR) is 137 cm³/mol. The monoisotopic (exact) mass is 493 g/mol. The molecule has 3 atom stereocenters. The molecule has 0 bridgehead atoms. The highest BCUT2D eigenvalue weighted by molar-refractivity contribution is 7.99. The number of benzene rings is 2. The van der Waals surface area contributed by atoms with Crippen molar-refractivity contribution in [2.45, 2.75) is 58.7 Å². The van der Waals surface area contributed by atoms with Crippen LogP contribution in [0.2, 0.25) is 10.0 Å². The third-order valence-electron chi connectivity index (χ3n) is 5.90. The van der Waals surface area contributed by atoms with Gasteiger partial charge in [-0.1, -0.05) is 81.6 Å². The summed E-state index contributed by atoms with van der Waals surface area (Å²) in [6.07, 6.45) is 2.05. The molecule has 3 rings (SSSR count). The lowest BCUT2D eigenvalue weighted by molar-refractivity contribution is -0.166. The van der Waals surface area contributed by atoms with Crippen LogP contribution in [0.15, 0.2) is 48.5 Å². The van der Waals surface area contributed by atoms with Gasteiger partial charge in [0.25, 0.3) is 0 Å². The molecule has 3 nitrogen and oxygen atoms in total. The first-order chi connectivity index (χ1) is 15.2. The molecule has 2 aromatic carbocycles. The van der Waals surface area contributed by atoms with Crippen molar-refractivity contribution in [1.29, 1.82) is 0 Å². The molecule has 0 aromatic heterocycles. The molecule has 1 saturated heterocycles. The van der Waals surface area contributed by atoms with Gasteiger partial charge in [-0.3, -0.25) is 4.79 Å². The zero-order valence-corrected chi connectivity index (χ0v) is 21.6. The Morgan fingerprint density at radius 2 is 1.81 bits per heavy atom. The fraction of sp³-hybridized carbons (Fsp3) is 0.500. The van der Waals surface area contributed by atoms with Gasteiger partial charge in [-0.05, 0) is 53.0 Å². The number of nitrogens with zero attached hydrogens (tertiary/aromatic N) is 1. The van der Waals surface area contributed by atoms with Gasteiger partial charge in [0.2, 0.25) is 5.91 Å². The topological polar surface area (TPSA) is 29.5 Å². The Morgan fingerprint density at radius 3 is 2.44 bits per heavy atom. The molecule has 0 radical (unpaired) electrons. The molecule has 0 aliphatic carbocycles. The van der Waals surface area contributed by atoms with Crippen molar-refractivity contribution in [2.24, 2.45) is 5.41 Å². The van der Waals surface area contributed by atoms with Gasteiger partial charge in [0.1, 0.15) is 12.7 Å². The molecular formula is C26H33Cl2NO2S. The van der Waals surface area contributed by atoms with Crippen molar-refractivity contribution < 1.29 is 9.53 Å². The smallest absolute Gasteiger partial charge is 0.249 e. The molecule has 0 N–H and O–H groups in total. The van der Waals surface area contributed by atoms with Crippen molar-refractivity contribution in [2.75, 3.05) is 18.1 Å². The maximum Gasteiger partial charge on any atom is 0.249 e. The zero-order valence-electron chi connectivity index (χ0n) is 19.3. The summed E-state index contributed by atoms with van der Waals surface area (Å²) in [6, 6.07) is 15.3. The summed E-state index contributed by atoms with van der Waals surface area (Å²) in [7, 11) is 0. The molecule has 0 saturated carbocycles. The van der Waals surface area contributed by atoms with Crippen LogP contribution >= 0.6 is 35.0 Å². The number of amides is 1. The number of morpholine rings is 1. The average molecular weight is 495 g/mol. The molecule has 32 heavy (non-hydrogen) atoms. The molecule has 1 amide bonds. The van der Waals surface area contributed by atoms with Crippen LogP contribution < -0.4 is 0 Å². The number of carbonyl (C=O) groups excluding carboxylic acids is 1. The second-order valence-corrected chi connectivity index (χ2v) is 11.4. The van der Waals surface area contributed by atoms with Gasteiger partial charge < -0.3 is 9.64 Å². The first-order valence-electron chi connectivity index (χ1n) is 11.2. The van der Waals surface area contributed by atoms with Crippen LogP contribution in [0.4, 0.5) is 0 Å². The first-order valence-corrected chi connectivity index (χ1v) is 13.1. The lowest BCUT2D eigenvalue weighted by Crippen LogP contribution is -2.55. The van der Waals surface area contributed by atoms with Gasteiger partial charge in [-0.25, -0.2) is 0 Å². The second-order valence-electron chi connectivity index (χ2n) is 9.39. The van der Waals surface area contributed by atoms with Gasteiger partial charge in [0.05, 0.1) is 6.04 Å². The van der Waals surface area contributed by atoms with Gasteiger partial charge in [-0.2, -0.15) is 11.8 Å². The molecule has 174 valence electrons. The van der Waals surface area contributed by atoms with Gasteiger partial charge in [0.15, 0.2) is 0 Å². The molecule has 1 aliphatic heterocycles. The lowest BCUT2D eigenvalue weighted by Gasteiger charge is -2.49. The summed E-state index contributed by atoms with van der Waals surface area (Å²) in [5, 5.41) is 1.33. The SMILES string of the molecule is CCCCSCC(N1C(=O)CO[C@H](c2cccc(Cl)c2)[C@H]1c1ccc(Cl)cc1)C(C)(C)C. The third-order valence-corrected chi connectivity index (χ3v) is 7.52. The van der Waals surface area contributed by atoms with E-state index in [1.54, 1.807) is 0 Å². The standard InChI is InChI=1S/C26H33Cl2NO2S/c1-5-6-14-32-17-22(26(2,3)4)29-23(30)16-31-25(19-8-7-9-21(28)15-19)24(29)18-10-12-20(27)13-11-18/h7-13,15,22,24-25H,5-6,14,16-17H2,1-4H3/t22?,24-,25-/m1/s1. The van der Waals surface area contributed by atoms with E-state index in [2.05, 4.69) is 32.6 Å². The molecular weight excluding hydrogens is 461 g/mol. The van der Waals surface area contributed by atoms with Crippen LogP contribution in [0.5, 0.6) is 0 Å². The Kier molecular flexibility index (Phi) is 8.97. The molecule has 1 fully saturated rings. The molecule has 2 aromatic rings. The summed E-state index contributed by atoms with van der Waals surface area (Å²) in [5.41, 5.74) is 1.90. The highest BCUT2D eigenvalue weighted by atomic mass is 35.5. The minimum Gasteiger partial charge on any atom is -0.361 e. The van der Waals surface area contributed by atoms with Gasteiger partial charge in [-0.15, -0.1) is 0 Å². The highest BCUT2D eigenvalue weighted by Crippen LogP contribution is 2.45. The summed E-state index contributed by atoms with van der Waals surface area (Å²) in [4.78, 5) is 15.5. The van der Waals surface area contributed by atoms with E-state index in [4.69, 9.17) is 27.9 Å². The molecule has 0 spiro atoms. The van der Waals surface area contributed by atoms with Crippen molar-refractivity contribution in [3.63, 3.8) is 0 Å². The Hall–Kier alpha value is -1.20. The van der Waals surface area contributed by atoms with E-state index in [0.717, 1.165) is 22.6 Å². The van der Waals surface area contributed by atoms with Crippen LogP contribution in [-0.2, 0) is 9.53 Å². The Morgan fingerprint density at radius 1 is 1.09 bits per heavy atom. The van der Waals surface area contributed by atoms with Crippen LogP contribution in [0.3, 0.4) is 0 Å². The lowest BCUT2D eigenvalue weighted by atomic mass is 9.83. The van der Waals surface area contributed by atoms with Crippen molar-refractivity contribution >= 4 is 40.9 Å². The third kappa shape index (κ3) is 6.22. The first kappa shape index (κ1) is 25.4. The largest absolute Gasteiger partial charge is 0.361 e. The van der Waals surface area contributed by atoms with Gasteiger partial charge in [0, 0.05) is 21.8 Å². The number of hydrogen-bond acceptors (Lipinski definition) is 3.